The fraction of sp³-hybridized carbons (Fsp3) is 0.571. The van der Waals surface area contributed by atoms with Gasteiger partial charge in [0.25, 0.3) is 0 Å². The molecule has 0 unspecified atom stereocenters. The number of carbonyl (C=O) groups excluding carboxylic acids is 1. The zero-order chi connectivity index (χ0) is 18.7. The fourth-order valence-electron chi connectivity index (χ4n) is 1.95. The van der Waals surface area contributed by atoms with E-state index in [4.69, 9.17) is 4.42 Å². The third-order valence-corrected chi connectivity index (χ3v) is 3.95. The predicted molar refractivity (Wildman–Crippen MR) is 83.7 cm³/mol. The Morgan fingerprint density at radius 2 is 2.08 bits per heavy atom. The average Bonchev–Trinajstić information content (AvgIpc) is 3.12. The summed E-state index contributed by atoms with van der Waals surface area (Å²) in [5, 5.41) is 11.6. The number of alkyl halides is 3. The van der Waals surface area contributed by atoms with Gasteiger partial charge in [-0.25, -0.2) is 4.68 Å². The predicted octanol–water partition coefficient (Wildman–Crippen LogP) is 2.70. The van der Waals surface area contributed by atoms with Crippen LogP contribution in [0.1, 0.15) is 26.5 Å². The van der Waals surface area contributed by atoms with Crippen molar-refractivity contribution >= 4 is 17.7 Å². The van der Waals surface area contributed by atoms with E-state index in [-0.39, 0.29) is 18.1 Å². The normalized spacial score (nSPS) is 12.4. The summed E-state index contributed by atoms with van der Waals surface area (Å²) in [6.07, 6.45) is -3.16. The van der Waals surface area contributed by atoms with Crippen LogP contribution in [-0.2, 0) is 16.9 Å². The van der Waals surface area contributed by atoms with Gasteiger partial charge >= 0.3 is 6.18 Å². The molecule has 138 valence electrons. The number of carbonyl (C=O) groups is 1. The van der Waals surface area contributed by atoms with Crippen molar-refractivity contribution in [3.8, 4) is 0 Å². The van der Waals surface area contributed by atoms with E-state index in [1.54, 1.807) is 6.07 Å². The minimum atomic E-state index is -4.50. The number of rotatable bonds is 6. The summed E-state index contributed by atoms with van der Waals surface area (Å²) >= 11 is 0.993. The van der Waals surface area contributed by atoms with E-state index >= 15 is 0 Å². The number of hydrogen-bond donors (Lipinski definition) is 0. The molecule has 0 radical (unpaired) electrons. The van der Waals surface area contributed by atoms with Gasteiger partial charge in [0.2, 0.25) is 11.1 Å². The number of aromatic nitrogens is 4. The summed E-state index contributed by atoms with van der Waals surface area (Å²) in [5.41, 5.74) is -0.408. The number of amides is 1. The maximum atomic E-state index is 12.8. The van der Waals surface area contributed by atoms with Gasteiger partial charge in [-0.3, -0.25) is 4.79 Å². The molecule has 0 saturated carbocycles. The Labute approximate surface area is 146 Å². The van der Waals surface area contributed by atoms with E-state index in [0.717, 1.165) is 11.8 Å². The van der Waals surface area contributed by atoms with Crippen molar-refractivity contribution in [3.05, 3.63) is 24.2 Å². The monoisotopic (exact) mass is 377 g/mol. The van der Waals surface area contributed by atoms with Crippen molar-refractivity contribution in [2.24, 2.45) is 0 Å². The molecule has 0 fully saturated rings. The molecular formula is C14H18F3N5O2S. The molecule has 25 heavy (non-hydrogen) atoms. The highest BCUT2D eigenvalue weighted by atomic mass is 32.2. The van der Waals surface area contributed by atoms with Gasteiger partial charge in [-0.1, -0.05) is 11.8 Å². The number of hydrogen-bond acceptors (Lipinski definition) is 6. The first-order valence-corrected chi connectivity index (χ1v) is 8.33. The van der Waals surface area contributed by atoms with Crippen LogP contribution in [0, 0.1) is 0 Å². The number of halogens is 3. The van der Waals surface area contributed by atoms with E-state index in [1.807, 2.05) is 20.8 Å². The molecular weight excluding hydrogens is 359 g/mol. The van der Waals surface area contributed by atoms with Crippen LogP contribution in [0.4, 0.5) is 13.2 Å². The SMILES string of the molecule is CC(C)(C)n1nnnc1SCC(=O)N(Cc1ccco1)CC(F)(F)F. The van der Waals surface area contributed by atoms with E-state index < -0.39 is 24.2 Å². The van der Waals surface area contributed by atoms with Crippen LogP contribution in [0.3, 0.4) is 0 Å². The van der Waals surface area contributed by atoms with Gasteiger partial charge in [-0.15, -0.1) is 5.10 Å². The van der Waals surface area contributed by atoms with Crippen LogP contribution in [0.2, 0.25) is 0 Å². The minimum Gasteiger partial charge on any atom is -0.467 e. The van der Waals surface area contributed by atoms with Gasteiger partial charge in [0.05, 0.1) is 24.1 Å². The first kappa shape index (κ1) is 19.3. The maximum absolute atomic E-state index is 12.8. The molecule has 0 aliphatic carbocycles. The summed E-state index contributed by atoms with van der Waals surface area (Å²) in [7, 11) is 0. The van der Waals surface area contributed by atoms with Crippen molar-refractivity contribution in [2.75, 3.05) is 12.3 Å². The van der Waals surface area contributed by atoms with E-state index in [1.165, 1.54) is 17.0 Å². The summed E-state index contributed by atoms with van der Waals surface area (Å²) in [6, 6.07) is 3.07. The Balaban J connectivity index is 2.05. The second-order valence-corrected chi connectivity index (χ2v) is 7.22. The molecule has 2 rings (SSSR count). The van der Waals surface area contributed by atoms with Crippen LogP contribution < -0.4 is 0 Å². The van der Waals surface area contributed by atoms with Crippen LogP contribution in [0.5, 0.6) is 0 Å². The lowest BCUT2D eigenvalue weighted by molar-refractivity contribution is -0.161. The van der Waals surface area contributed by atoms with Gasteiger partial charge in [-0.2, -0.15) is 13.2 Å². The highest BCUT2D eigenvalue weighted by Gasteiger charge is 2.33. The second kappa shape index (κ2) is 7.46. The van der Waals surface area contributed by atoms with Crippen LogP contribution >= 0.6 is 11.8 Å². The molecule has 0 aliphatic rings. The summed E-state index contributed by atoms with van der Waals surface area (Å²) in [5.74, 6) is -0.614. The van der Waals surface area contributed by atoms with Crippen molar-refractivity contribution in [1.82, 2.24) is 25.1 Å². The van der Waals surface area contributed by atoms with Gasteiger partial charge in [0.15, 0.2) is 0 Å². The number of tetrazole rings is 1. The highest BCUT2D eigenvalue weighted by molar-refractivity contribution is 7.99. The molecule has 1 amide bonds. The number of nitrogens with zero attached hydrogens (tertiary/aromatic N) is 5. The summed E-state index contributed by atoms with van der Waals surface area (Å²) in [6.45, 7) is 4.03. The quantitative estimate of drug-likeness (QED) is 0.721. The standard InChI is InChI=1S/C14H18F3N5O2S/c1-13(2,3)22-12(18-19-20-22)25-8-11(23)21(9-14(15,16)17)7-10-5-4-6-24-10/h4-6H,7-9H2,1-3H3. The zero-order valence-electron chi connectivity index (χ0n) is 13.9. The van der Waals surface area contributed by atoms with Crippen molar-refractivity contribution in [1.29, 1.82) is 0 Å². The Hall–Kier alpha value is -2.04. The minimum absolute atomic E-state index is 0.215. The zero-order valence-corrected chi connectivity index (χ0v) is 14.8. The number of furan rings is 1. The second-order valence-electron chi connectivity index (χ2n) is 6.28. The van der Waals surface area contributed by atoms with E-state index in [2.05, 4.69) is 15.5 Å². The molecule has 2 heterocycles. The summed E-state index contributed by atoms with van der Waals surface area (Å²) < 4.78 is 44.8. The van der Waals surface area contributed by atoms with Gasteiger partial charge in [-0.05, 0) is 43.3 Å². The van der Waals surface area contributed by atoms with Gasteiger partial charge < -0.3 is 9.32 Å². The Morgan fingerprint density at radius 1 is 1.36 bits per heavy atom. The topological polar surface area (TPSA) is 77.1 Å². The largest absolute Gasteiger partial charge is 0.467 e. The molecule has 2 aromatic rings. The molecule has 0 N–H and O–H groups in total. The van der Waals surface area contributed by atoms with Crippen molar-refractivity contribution in [2.45, 2.75) is 44.2 Å². The Kier molecular flexibility index (Phi) is 5.76. The number of thioether (sulfide) groups is 1. The maximum Gasteiger partial charge on any atom is 0.406 e. The molecule has 7 nitrogen and oxygen atoms in total. The molecule has 11 heteroatoms. The van der Waals surface area contributed by atoms with Gasteiger partial charge in [0.1, 0.15) is 12.3 Å². The molecule has 0 aromatic carbocycles. The lowest BCUT2D eigenvalue weighted by Crippen LogP contribution is -2.39. The smallest absolute Gasteiger partial charge is 0.406 e. The Morgan fingerprint density at radius 3 is 2.64 bits per heavy atom. The molecule has 0 saturated heterocycles. The molecule has 0 aliphatic heterocycles. The molecule has 2 aromatic heterocycles. The summed E-state index contributed by atoms with van der Waals surface area (Å²) in [4.78, 5) is 13.0. The average molecular weight is 377 g/mol. The van der Waals surface area contributed by atoms with E-state index in [0.29, 0.717) is 10.1 Å². The fourth-order valence-corrected chi connectivity index (χ4v) is 2.91. The first-order valence-electron chi connectivity index (χ1n) is 7.35. The molecule has 0 spiro atoms. The lowest BCUT2D eigenvalue weighted by Gasteiger charge is -2.23. The van der Waals surface area contributed by atoms with Crippen LogP contribution in [0.25, 0.3) is 0 Å². The van der Waals surface area contributed by atoms with Crippen LogP contribution in [0.15, 0.2) is 28.0 Å². The van der Waals surface area contributed by atoms with Gasteiger partial charge in [0, 0.05) is 0 Å². The van der Waals surface area contributed by atoms with E-state index in [9.17, 15) is 18.0 Å². The molecule has 0 bridgehead atoms. The Bertz CT molecular complexity index is 694. The third-order valence-electron chi connectivity index (χ3n) is 3.05. The van der Waals surface area contributed by atoms with Crippen molar-refractivity contribution < 1.29 is 22.4 Å². The first-order chi connectivity index (χ1) is 11.6. The lowest BCUT2D eigenvalue weighted by atomic mass is 10.1. The van der Waals surface area contributed by atoms with Crippen LogP contribution in [-0.4, -0.2) is 49.5 Å². The molecule has 0 atom stereocenters. The third kappa shape index (κ3) is 5.76. The highest BCUT2D eigenvalue weighted by Crippen LogP contribution is 2.23. The van der Waals surface area contributed by atoms with Crippen molar-refractivity contribution in [3.63, 3.8) is 0 Å².